The average Bonchev–Trinajstić information content (AvgIpc) is 3.62. The number of hydrogen-bond donors (Lipinski definition) is 3. The quantitative estimate of drug-likeness (QED) is 0.0222. The zero-order chi connectivity index (χ0) is 63.6. The topological polar surface area (TPSA) is 237 Å². The molecule has 86 heavy (non-hydrogen) atoms. The first-order chi connectivity index (χ1) is 41.4. The van der Waals surface area contributed by atoms with Crippen molar-refractivity contribution in [3.63, 3.8) is 0 Å². The predicted molar refractivity (Wildman–Crippen MR) is 345 cm³/mol. The highest BCUT2D eigenvalue weighted by Gasteiger charge is 2.30. The van der Waals surface area contributed by atoms with E-state index in [1.807, 2.05) is 0 Å². The van der Waals surface area contributed by atoms with Crippen molar-refractivity contribution in [3.05, 3.63) is 0 Å². The van der Waals surface area contributed by atoms with E-state index in [1.165, 1.54) is 148 Å². The molecule has 0 bridgehead atoms. The lowest BCUT2D eigenvalue weighted by atomic mass is 10.0. The molecule has 0 fully saturated rings. The Morgan fingerprint density at radius 3 is 0.791 bits per heavy atom. The number of ether oxygens (including phenoxy) is 4. The van der Waals surface area contributed by atoms with Crippen LogP contribution in [0.5, 0.6) is 0 Å². The number of hydrogen-bond acceptors (Lipinski definition) is 15. The largest absolute Gasteiger partial charge is 0.472 e. The van der Waals surface area contributed by atoms with Crippen LogP contribution >= 0.6 is 15.6 Å². The molecule has 2 unspecified atom stereocenters. The fourth-order valence-electron chi connectivity index (χ4n) is 10.1. The molecule has 0 aromatic carbocycles. The summed E-state index contributed by atoms with van der Waals surface area (Å²) in [6, 6.07) is 0. The second kappa shape index (κ2) is 59.4. The summed E-state index contributed by atoms with van der Waals surface area (Å²) in [7, 11) is -9.89. The second-order valence-electron chi connectivity index (χ2n) is 25.2. The van der Waals surface area contributed by atoms with Gasteiger partial charge in [0.15, 0.2) is 12.2 Å². The molecule has 0 aliphatic carbocycles. The third-order valence-electron chi connectivity index (χ3n) is 15.5. The molecule has 0 saturated heterocycles. The van der Waals surface area contributed by atoms with Crippen molar-refractivity contribution in [1.82, 2.24) is 0 Å². The van der Waals surface area contributed by atoms with Gasteiger partial charge in [0.05, 0.1) is 26.4 Å². The van der Waals surface area contributed by atoms with Crippen LogP contribution in [0.25, 0.3) is 0 Å². The van der Waals surface area contributed by atoms with E-state index in [1.54, 1.807) is 0 Å². The van der Waals surface area contributed by atoms with Crippen molar-refractivity contribution >= 4 is 39.5 Å². The molecular weight excluding hydrogens is 1140 g/mol. The van der Waals surface area contributed by atoms with Crippen LogP contribution in [-0.4, -0.2) is 96.7 Å². The second-order valence-corrected chi connectivity index (χ2v) is 28.1. The Bertz CT molecular complexity index is 1680. The van der Waals surface area contributed by atoms with Crippen LogP contribution < -0.4 is 0 Å². The summed E-state index contributed by atoms with van der Waals surface area (Å²) in [5.74, 6) is -0.706. The molecule has 17 nitrogen and oxygen atoms in total. The van der Waals surface area contributed by atoms with Crippen molar-refractivity contribution in [1.29, 1.82) is 0 Å². The van der Waals surface area contributed by atoms with Crippen LogP contribution in [0.3, 0.4) is 0 Å². The third-order valence-corrected chi connectivity index (χ3v) is 17.4. The monoisotopic (exact) mass is 1270 g/mol. The first kappa shape index (κ1) is 84.1. The molecule has 0 aliphatic heterocycles. The van der Waals surface area contributed by atoms with Crippen LogP contribution in [0.15, 0.2) is 0 Å². The molecule has 0 aliphatic rings. The van der Waals surface area contributed by atoms with Gasteiger partial charge in [-0.1, -0.05) is 286 Å². The molecule has 5 atom stereocenters. The molecule has 510 valence electrons. The van der Waals surface area contributed by atoms with Crippen molar-refractivity contribution in [2.75, 3.05) is 39.6 Å². The smallest absolute Gasteiger partial charge is 0.462 e. The maximum atomic E-state index is 13.0. The molecular formula is C67H130O17P2. The maximum absolute atomic E-state index is 13.0. The van der Waals surface area contributed by atoms with E-state index >= 15 is 0 Å². The third kappa shape index (κ3) is 60.9. The number of esters is 4. The van der Waals surface area contributed by atoms with Gasteiger partial charge in [-0.3, -0.25) is 37.3 Å². The van der Waals surface area contributed by atoms with Crippen molar-refractivity contribution in [3.8, 4) is 0 Å². The van der Waals surface area contributed by atoms with Crippen LogP contribution in [0.2, 0.25) is 0 Å². The Hall–Kier alpha value is -1.94. The van der Waals surface area contributed by atoms with E-state index in [0.717, 1.165) is 102 Å². The predicted octanol–water partition coefficient (Wildman–Crippen LogP) is 18.8. The maximum Gasteiger partial charge on any atom is 0.472 e. The van der Waals surface area contributed by atoms with Crippen LogP contribution in [0.4, 0.5) is 0 Å². The van der Waals surface area contributed by atoms with Gasteiger partial charge in [-0.25, -0.2) is 9.13 Å². The molecule has 3 N–H and O–H groups in total. The summed E-state index contributed by atoms with van der Waals surface area (Å²) in [6.07, 6.45) is 43.2. The number of phosphoric acid groups is 2. The number of aliphatic hydroxyl groups excluding tert-OH is 1. The lowest BCUT2D eigenvalue weighted by molar-refractivity contribution is -0.161. The number of rotatable bonds is 66. The minimum absolute atomic E-state index is 0.105. The lowest BCUT2D eigenvalue weighted by Gasteiger charge is -2.21. The van der Waals surface area contributed by atoms with Gasteiger partial charge < -0.3 is 33.8 Å². The van der Waals surface area contributed by atoms with E-state index in [2.05, 4.69) is 41.5 Å². The summed E-state index contributed by atoms with van der Waals surface area (Å²) < 4.78 is 68.1. The van der Waals surface area contributed by atoms with Crippen molar-refractivity contribution in [2.45, 2.75) is 355 Å². The van der Waals surface area contributed by atoms with Crippen LogP contribution in [0.1, 0.15) is 337 Å². The number of carbonyl (C=O) groups is 4. The Morgan fingerprint density at radius 2 is 0.535 bits per heavy atom. The van der Waals surface area contributed by atoms with Gasteiger partial charge >= 0.3 is 39.5 Å². The number of aliphatic hydroxyl groups is 1. The number of carbonyl (C=O) groups excluding carboxylic acids is 4. The molecule has 0 saturated carbocycles. The molecule has 0 radical (unpaired) electrons. The highest BCUT2D eigenvalue weighted by atomic mass is 31.2. The first-order valence-corrected chi connectivity index (χ1v) is 38.0. The Morgan fingerprint density at radius 1 is 0.314 bits per heavy atom. The summed E-state index contributed by atoms with van der Waals surface area (Å²) in [6.45, 7) is 9.42. The fraction of sp³-hybridized carbons (Fsp3) is 0.940. The van der Waals surface area contributed by atoms with E-state index in [-0.39, 0.29) is 25.7 Å². The summed E-state index contributed by atoms with van der Waals surface area (Å²) in [4.78, 5) is 72.3. The first-order valence-electron chi connectivity index (χ1n) is 35.0. The summed E-state index contributed by atoms with van der Waals surface area (Å²) >= 11 is 0. The number of phosphoric ester groups is 2. The Balaban J connectivity index is 5.23. The van der Waals surface area contributed by atoms with Gasteiger partial charge in [0, 0.05) is 25.7 Å². The standard InChI is InChI=1S/C67H130O17P2/c1-7-9-11-13-15-17-19-20-21-22-23-27-32-40-46-52-67(72)83-62(55-77-64(69)49-43-37-30-28-24-25-29-35-41-47-59(3)4)57-81-85(73,74)79-53-61(68)54-80-86(75,76)82-58-63(56-78-65(70)50-44-38-34-33-36-42-48-60(5)6)84-66(71)51-45-39-31-26-18-16-14-12-10-8-2/h59-63,68H,7-58H2,1-6H3,(H,73,74)(H,75,76)/t61-,62-,63-/m1/s1. The summed E-state index contributed by atoms with van der Waals surface area (Å²) in [5, 5.41) is 10.6. The van der Waals surface area contributed by atoms with E-state index < -0.39 is 97.5 Å². The van der Waals surface area contributed by atoms with Crippen molar-refractivity contribution < 1.29 is 80.2 Å². The normalized spacial score (nSPS) is 14.2. The van der Waals surface area contributed by atoms with Gasteiger partial charge in [-0.15, -0.1) is 0 Å². The van der Waals surface area contributed by atoms with Crippen LogP contribution in [0, 0.1) is 11.8 Å². The van der Waals surface area contributed by atoms with E-state index in [4.69, 9.17) is 37.0 Å². The van der Waals surface area contributed by atoms with Crippen LogP contribution in [-0.2, 0) is 65.4 Å². The molecule has 0 heterocycles. The van der Waals surface area contributed by atoms with Gasteiger partial charge in [0.2, 0.25) is 0 Å². The molecule has 0 amide bonds. The average molecular weight is 1270 g/mol. The van der Waals surface area contributed by atoms with E-state index in [0.29, 0.717) is 31.6 Å². The zero-order valence-corrected chi connectivity index (χ0v) is 57.4. The summed E-state index contributed by atoms with van der Waals surface area (Å²) in [5.41, 5.74) is 0. The van der Waals surface area contributed by atoms with Crippen molar-refractivity contribution in [2.24, 2.45) is 11.8 Å². The van der Waals surface area contributed by atoms with E-state index in [9.17, 15) is 43.2 Å². The molecule has 19 heteroatoms. The molecule has 0 aromatic rings. The Labute approximate surface area is 524 Å². The van der Waals surface area contributed by atoms with Gasteiger partial charge in [0.1, 0.15) is 19.3 Å². The van der Waals surface area contributed by atoms with Gasteiger partial charge in [-0.2, -0.15) is 0 Å². The van der Waals surface area contributed by atoms with Gasteiger partial charge in [-0.05, 0) is 37.5 Å². The SMILES string of the molecule is CCCCCCCCCCCCCCCCCC(=O)O[C@H](COC(=O)CCCCCCCCCCCC(C)C)COP(=O)(O)OC[C@@H](O)COP(=O)(O)OC[C@@H](COC(=O)CCCCCCCCC(C)C)OC(=O)CCCCCCCCCCCC. The minimum atomic E-state index is -4.95. The molecule has 0 spiro atoms. The fourth-order valence-corrected chi connectivity index (χ4v) is 11.6. The molecule has 0 aromatic heterocycles. The zero-order valence-electron chi connectivity index (χ0n) is 55.6. The molecule has 0 rings (SSSR count). The van der Waals surface area contributed by atoms with Gasteiger partial charge in [0.25, 0.3) is 0 Å². The Kier molecular flexibility index (Phi) is 58.0. The lowest BCUT2D eigenvalue weighted by Crippen LogP contribution is -2.30. The number of unbranched alkanes of at least 4 members (excludes halogenated alkanes) is 36. The minimum Gasteiger partial charge on any atom is -0.462 e. The highest BCUT2D eigenvalue weighted by Crippen LogP contribution is 2.45. The highest BCUT2D eigenvalue weighted by molar-refractivity contribution is 7.47.